The molecule has 6 nitrogen and oxygen atoms in total. The topological polar surface area (TPSA) is 75.6 Å². The Morgan fingerprint density at radius 1 is 1.33 bits per heavy atom. The summed E-state index contributed by atoms with van der Waals surface area (Å²) < 4.78 is 5.70. The monoisotopic (exact) mass is 329 g/mol. The third-order valence-electron chi connectivity index (χ3n) is 3.46. The Morgan fingerprint density at radius 3 is 2.75 bits per heavy atom. The summed E-state index contributed by atoms with van der Waals surface area (Å²) in [5.74, 6) is 0.172. The van der Waals surface area contributed by atoms with E-state index in [1.165, 1.54) is 0 Å². The Balaban J connectivity index is 2.17. The van der Waals surface area contributed by atoms with E-state index in [0.29, 0.717) is 30.4 Å². The fraction of sp³-hybridized carbons (Fsp3) is 0.389. The molecule has 24 heavy (non-hydrogen) atoms. The van der Waals surface area contributed by atoms with Gasteiger partial charge < -0.3 is 9.84 Å². The number of rotatable bonds is 8. The zero-order valence-electron chi connectivity index (χ0n) is 14.2. The summed E-state index contributed by atoms with van der Waals surface area (Å²) >= 11 is 0. The number of aliphatic carboxylic acids is 1. The molecular weight excluding hydrogens is 306 g/mol. The maximum Gasteiger partial charge on any atom is 0.325 e. The second-order valence-corrected chi connectivity index (χ2v) is 6.13. The largest absolute Gasteiger partial charge is 0.493 e. The van der Waals surface area contributed by atoms with E-state index in [2.05, 4.69) is 23.8 Å². The second-order valence-electron chi connectivity index (χ2n) is 6.13. The molecule has 0 spiro atoms. The van der Waals surface area contributed by atoms with Crippen LogP contribution in [0.5, 0.6) is 5.75 Å². The van der Waals surface area contributed by atoms with E-state index in [1.54, 1.807) is 42.7 Å². The quantitative estimate of drug-likeness (QED) is 0.802. The van der Waals surface area contributed by atoms with Gasteiger partial charge in [0.2, 0.25) is 0 Å². The predicted molar refractivity (Wildman–Crippen MR) is 90.7 cm³/mol. The fourth-order valence-electron chi connectivity index (χ4n) is 2.38. The van der Waals surface area contributed by atoms with Gasteiger partial charge in [-0.05, 0) is 30.7 Å². The first kappa shape index (κ1) is 17.9. The first-order valence-electron chi connectivity index (χ1n) is 7.88. The zero-order valence-corrected chi connectivity index (χ0v) is 14.2. The number of hydrogen-bond donors (Lipinski definition) is 1. The third-order valence-corrected chi connectivity index (χ3v) is 3.46. The first-order valence-corrected chi connectivity index (χ1v) is 7.88. The van der Waals surface area contributed by atoms with Gasteiger partial charge >= 0.3 is 5.97 Å². The summed E-state index contributed by atoms with van der Waals surface area (Å²) in [4.78, 5) is 21.7. The highest BCUT2D eigenvalue weighted by Crippen LogP contribution is 2.25. The number of hydrogen-bond acceptors (Lipinski definition) is 5. The minimum Gasteiger partial charge on any atom is -0.493 e. The van der Waals surface area contributed by atoms with Crippen LogP contribution in [-0.2, 0) is 11.3 Å². The number of ether oxygens (including phenoxy) is 1. The first-order chi connectivity index (χ1) is 11.5. The van der Waals surface area contributed by atoms with Crippen molar-refractivity contribution in [1.82, 2.24) is 14.9 Å². The lowest BCUT2D eigenvalue weighted by atomic mass is 10.1. The van der Waals surface area contributed by atoms with Crippen molar-refractivity contribution in [2.45, 2.75) is 26.4 Å². The van der Waals surface area contributed by atoms with Gasteiger partial charge in [-0.3, -0.25) is 19.7 Å². The molecule has 0 unspecified atom stereocenters. The number of carboxylic acid groups (broad SMARTS) is 1. The Kier molecular flexibility index (Phi) is 6.26. The minimum absolute atomic E-state index is 0.391. The molecule has 128 valence electrons. The van der Waals surface area contributed by atoms with Gasteiger partial charge in [-0.25, -0.2) is 0 Å². The van der Waals surface area contributed by atoms with Crippen molar-refractivity contribution in [1.29, 1.82) is 0 Å². The molecule has 0 aliphatic rings. The van der Waals surface area contributed by atoms with Gasteiger partial charge in [0.1, 0.15) is 11.8 Å². The highest BCUT2D eigenvalue weighted by atomic mass is 16.5. The van der Waals surface area contributed by atoms with Crippen LogP contribution >= 0.6 is 0 Å². The third kappa shape index (κ3) is 5.03. The zero-order chi connectivity index (χ0) is 17.5. The number of likely N-dealkylation sites (N-methyl/N-ethyl adjacent to an activating group) is 1. The average Bonchev–Trinajstić information content (AvgIpc) is 2.54. The van der Waals surface area contributed by atoms with Crippen molar-refractivity contribution in [3.8, 4) is 5.75 Å². The number of benzene rings is 1. The molecule has 2 rings (SSSR count). The van der Waals surface area contributed by atoms with Gasteiger partial charge in [-0.15, -0.1) is 0 Å². The molecule has 1 atom stereocenters. The molecule has 0 aliphatic carbocycles. The highest BCUT2D eigenvalue weighted by molar-refractivity contribution is 5.75. The predicted octanol–water partition coefficient (Wildman–Crippen LogP) is 2.77. The van der Waals surface area contributed by atoms with Crippen LogP contribution in [0, 0.1) is 5.92 Å². The molecule has 1 N–H and O–H groups in total. The number of carboxylic acids is 1. The van der Waals surface area contributed by atoms with Crippen molar-refractivity contribution >= 4 is 5.97 Å². The van der Waals surface area contributed by atoms with Crippen molar-refractivity contribution in [2.24, 2.45) is 5.92 Å². The molecule has 6 heteroatoms. The molecular formula is C18H23N3O3. The number of nitrogens with zero attached hydrogens (tertiary/aromatic N) is 3. The van der Waals surface area contributed by atoms with Crippen molar-refractivity contribution < 1.29 is 14.6 Å². The standard InChI is InChI=1S/C18H23N3O3/c1-13(2)12-24-16-6-4-5-14(9-16)17(18(22)23)21(3)11-15-10-19-7-8-20-15/h4-10,13,17H,11-12H2,1-3H3,(H,22,23)/t17-/m1/s1. The van der Waals surface area contributed by atoms with Crippen LogP contribution in [0.15, 0.2) is 42.9 Å². The molecule has 2 aromatic rings. The van der Waals surface area contributed by atoms with Crippen molar-refractivity contribution in [3.05, 3.63) is 54.1 Å². The Hall–Kier alpha value is -2.47. The van der Waals surface area contributed by atoms with E-state index in [9.17, 15) is 9.90 Å². The molecule has 0 radical (unpaired) electrons. The van der Waals surface area contributed by atoms with Crippen LogP contribution in [0.1, 0.15) is 31.1 Å². The van der Waals surface area contributed by atoms with E-state index in [1.807, 2.05) is 12.1 Å². The minimum atomic E-state index is -0.914. The van der Waals surface area contributed by atoms with Crippen LogP contribution < -0.4 is 4.74 Å². The van der Waals surface area contributed by atoms with Crippen LogP contribution in [0.3, 0.4) is 0 Å². The van der Waals surface area contributed by atoms with Crippen molar-refractivity contribution in [2.75, 3.05) is 13.7 Å². The Morgan fingerprint density at radius 2 is 2.12 bits per heavy atom. The van der Waals surface area contributed by atoms with E-state index < -0.39 is 12.0 Å². The average molecular weight is 329 g/mol. The molecule has 1 aromatic carbocycles. The van der Waals surface area contributed by atoms with Crippen LogP contribution in [0.2, 0.25) is 0 Å². The smallest absolute Gasteiger partial charge is 0.325 e. The summed E-state index contributed by atoms with van der Waals surface area (Å²) in [5, 5.41) is 9.67. The lowest BCUT2D eigenvalue weighted by Gasteiger charge is -2.25. The van der Waals surface area contributed by atoms with Gasteiger partial charge in [-0.2, -0.15) is 0 Å². The summed E-state index contributed by atoms with van der Waals surface area (Å²) in [6.07, 6.45) is 4.82. The molecule has 1 aromatic heterocycles. The molecule has 0 amide bonds. The SMILES string of the molecule is CC(C)COc1cccc([C@H](C(=O)O)N(C)Cc2cnccn2)c1. The molecule has 1 heterocycles. The fourth-order valence-corrected chi connectivity index (χ4v) is 2.38. The van der Waals surface area contributed by atoms with E-state index in [4.69, 9.17) is 4.74 Å². The second kappa shape index (κ2) is 8.40. The lowest BCUT2D eigenvalue weighted by Crippen LogP contribution is -2.30. The van der Waals surface area contributed by atoms with Gasteiger partial charge in [-0.1, -0.05) is 26.0 Å². The van der Waals surface area contributed by atoms with E-state index >= 15 is 0 Å². The normalized spacial score (nSPS) is 12.4. The highest BCUT2D eigenvalue weighted by Gasteiger charge is 2.25. The summed E-state index contributed by atoms with van der Waals surface area (Å²) in [6.45, 7) is 5.12. The molecule has 0 saturated carbocycles. The number of carbonyl (C=O) groups is 1. The van der Waals surface area contributed by atoms with E-state index in [0.717, 1.165) is 5.69 Å². The Bertz CT molecular complexity index is 662. The van der Waals surface area contributed by atoms with Gasteiger partial charge in [0.05, 0.1) is 12.3 Å². The van der Waals surface area contributed by atoms with Crippen molar-refractivity contribution in [3.63, 3.8) is 0 Å². The van der Waals surface area contributed by atoms with E-state index in [-0.39, 0.29) is 0 Å². The lowest BCUT2D eigenvalue weighted by molar-refractivity contribution is -0.143. The number of aromatic nitrogens is 2. The van der Waals surface area contributed by atoms with Crippen LogP contribution in [0.25, 0.3) is 0 Å². The van der Waals surface area contributed by atoms with Gasteiger partial charge in [0.15, 0.2) is 0 Å². The van der Waals surface area contributed by atoms with Crippen LogP contribution in [-0.4, -0.2) is 39.6 Å². The molecule has 0 fully saturated rings. The maximum absolute atomic E-state index is 11.8. The summed E-state index contributed by atoms with van der Waals surface area (Å²) in [5.41, 5.74) is 1.40. The van der Waals surface area contributed by atoms with Gasteiger partial charge in [0, 0.05) is 25.1 Å². The summed E-state index contributed by atoms with van der Waals surface area (Å²) in [6, 6.07) is 6.46. The van der Waals surface area contributed by atoms with Crippen LogP contribution in [0.4, 0.5) is 0 Å². The molecule has 0 aliphatic heterocycles. The maximum atomic E-state index is 11.8. The van der Waals surface area contributed by atoms with Gasteiger partial charge in [0.25, 0.3) is 0 Å². The summed E-state index contributed by atoms with van der Waals surface area (Å²) in [7, 11) is 1.76. The Labute approximate surface area is 142 Å². The molecule has 0 bridgehead atoms. The molecule has 0 saturated heterocycles.